The highest BCUT2D eigenvalue weighted by atomic mass is 35.5. The van der Waals surface area contributed by atoms with Crippen LogP contribution in [0.25, 0.3) is 0 Å². The Bertz CT molecular complexity index is 418. The lowest BCUT2D eigenvalue weighted by Gasteiger charge is -2.17. The Balaban J connectivity index is 2.82. The van der Waals surface area contributed by atoms with Crippen LogP contribution in [0.3, 0.4) is 0 Å². The maximum absolute atomic E-state index is 11.8. The van der Waals surface area contributed by atoms with E-state index in [2.05, 4.69) is 10.4 Å². The zero-order valence-corrected chi connectivity index (χ0v) is 12.0. The van der Waals surface area contributed by atoms with Crippen molar-refractivity contribution >= 4 is 17.6 Å². The van der Waals surface area contributed by atoms with Crippen molar-refractivity contribution in [3.8, 4) is 0 Å². The normalized spacial score (nSPS) is 12.5. The van der Waals surface area contributed by atoms with Gasteiger partial charge in [0.25, 0.3) is 0 Å². The first-order valence-electron chi connectivity index (χ1n) is 6.10. The molecule has 1 N–H and O–H groups in total. The average Bonchev–Trinajstić information content (AvgIpc) is 2.57. The molecule has 102 valence electrons. The van der Waals surface area contributed by atoms with E-state index in [1.54, 1.807) is 11.6 Å². The fourth-order valence-corrected chi connectivity index (χ4v) is 1.87. The summed E-state index contributed by atoms with van der Waals surface area (Å²) in [5.41, 5.74) is 1.63. The van der Waals surface area contributed by atoms with Gasteiger partial charge in [-0.05, 0) is 27.3 Å². The Kier molecular flexibility index (Phi) is 5.62. The van der Waals surface area contributed by atoms with Crippen LogP contribution in [-0.4, -0.2) is 34.9 Å². The van der Waals surface area contributed by atoms with Crippen LogP contribution in [0.4, 0.5) is 0 Å². The predicted octanol–water partition coefficient (Wildman–Crippen LogP) is 1.69. The number of aromatic nitrogens is 2. The molecule has 18 heavy (non-hydrogen) atoms. The van der Waals surface area contributed by atoms with Gasteiger partial charge in [-0.15, -0.1) is 0 Å². The quantitative estimate of drug-likeness (QED) is 0.802. The van der Waals surface area contributed by atoms with Crippen LogP contribution in [-0.2, 0) is 16.1 Å². The molecule has 5 nitrogen and oxygen atoms in total. The van der Waals surface area contributed by atoms with E-state index in [1.807, 2.05) is 20.8 Å². The highest BCUT2D eigenvalue weighted by Crippen LogP contribution is 2.19. The van der Waals surface area contributed by atoms with Gasteiger partial charge in [0.1, 0.15) is 6.04 Å². The lowest BCUT2D eigenvalue weighted by Crippen LogP contribution is -2.41. The van der Waals surface area contributed by atoms with Crippen LogP contribution < -0.4 is 5.32 Å². The highest BCUT2D eigenvalue weighted by molar-refractivity contribution is 6.31. The summed E-state index contributed by atoms with van der Waals surface area (Å²) in [7, 11) is 0. The maximum Gasteiger partial charge on any atom is 0.325 e. The van der Waals surface area contributed by atoms with E-state index in [0.29, 0.717) is 24.7 Å². The van der Waals surface area contributed by atoms with Gasteiger partial charge in [0.05, 0.1) is 29.6 Å². The predicted molar refractivity (Wildman–Crippen MR) is 70.8 cm³/mol. The molecule has 0 aliphatic rings. The number of rotatable bonds is 6. The number of hydrogen-bond acceptors (Lipinski definition) is 4. The van der Waals surface area contributed by atoms with E-state index >= 15 is 0 Å². The number of esters is 1. The average molecular weight is 274 g/mol. The lowest BCUT2D eigenvalue weighted by atomic mass is 10.3. The second-order valence-electron chi connectivity index (χ2n) is 4.03. The molecule has 0 radical (unpaired) electrons. The Labute approximate surface area is 112 Å². The van der Waals surface area contributed by atoms with Gasteiger partial charge in [-0.25, -0.2) is 0 Å². The van der Waals surface area contributed by atoms with Gasteiger partial charge in [0, 0.05) is 0 Å². The number of aryl methyl sites for hydroxylation is 1. The first-order valence-corrected chi connectivity index (χ1v) is 6.48. The van der Waals surface area contributed by atoms with Crippen LogP contribution in [0.2, 0.25) is 5.02 Å². The SMILES string of the molecule is CCNC(Cn1nc(C)c(Cl)c1C)C(=O)OCC. The number of carbonyl (C=O) groups excluding carboxylic acids is 1. The van der Waals surface area contributed by atoms with Crippen LogP contribution in [0.1, 0.15) is 25.2 Å². The first-order chi connectivity index (χ1) is 8.51. The molecule has 1 rings (SSSR count). The van der Waals surface area contributed by atoms with Gasteiger partial charge in [-0.1, -0.05) is 18.5 Å². The molecule has 0 saturated carbocycles. The van der Waals surface area contributed by atoms with E-state index in [0.717, 1.165) is 11.4 Å². The molecule has 1 heterocycles. The monoisotopic (exact) mass is 273 g/mol. The molecule has 0 saturated heterocycles. The number of likely N-dealkylation sites (N-methyl/N-ethyl adjacent to an activating group) is 1. The molecular weight excluding hydrogens is 254 g/mol. The van der Waals surface area contributed by atoms with E-state index < -0.39 is 6.04 Å². The zero-order valence-electron chi connectivity index (χ0n) is 11.3. The van der Waals surface area contributed by atoms with Crippen LogP contribution >= 0.6 is 11.6 Å². The summed E-state index contributed by atoms with van der Waals surface area (Å²) in [6.45, 7) is 8.96. The van der Waals surface area contributed by atoms with E-state index in [-0.39, 0.29) is 5.97 Å². The second-order valence-corrected chi connectivity index (χ2v) is 4.41. The van der Waals surface area contributed by atoms with Crippen molar-refractivity contribution in [1.82, 2.24) is 15.1 Å². The molecule has 0 fully saturated rings. The summed E-state index contributed by atoms with van der Waals surface area (Å²) in [5.74, 6) is -0.261. The summed E-state index contributed by atoms with van der Waals surface area (Å²) in [6, 6.07) is -0.399. The van der Waals surface area contributed by atoms with Gasteiger partial charge >= 0.3 is 5.97 Å². The molecule has 1 unspecified atom stereocenters. The van der Waals surface area contributed by atoms with Crippen molar-refractivity contribution in [1.29, 1.82) is 0 Å². The second kappa shape index (κ2) is 6.75. The summed E-state index contributed by atoms with van der Waals surface area (Å²) in [6.07, 6.45) is 0. The molecule has 0 aromatic carbocycles. The number of ether oxygens (including phenoxy) is 1. The summed E-state index contributed by atoms with van der Waals surface area (Å²) in [4.78, 5) is 11.8. The van der Waals surface area contributed by atoms with E-state index in [1.165, 1.54) is 0 Å². The molecule has 0 bridgehead atoms. The van der Waals surface area contributed by atoms with Crippen molar-refractivity contribution in [2.75, 3.05) is 13.2 Å². The first kappa shape index (κ1) is 15.0. The lowest BCUT2D eigenvalue weighted by molar-refractivity contribution is -0.146. The van der Waals surface area contributed by atoms with Crippen molar-refractivity contribution < 1.29 is 9.53 Å². The molecule has 0 aliphatic carbocycles. The van der Waals surface area contributed by atoms with Crippen LogP contribution in [0, 0.1) is 13.8 Å². The molecule has 0 spiro atoms. The Hall–Kier alpha value is -1.07. The third-order valence-corrected chi connectivity index (χ3v) is 3.22. The molecule has 1 atom stereocenters. The Morgan fingerprint density at radius 1 is 1.50 bits per heavy atom. The highest BCUT2D eigenvalue weighted by Gasteiger charge is 2.21. The summed E-state index contributed by atoms with van der Waals surface area (Å²) in [5, 5.41) is 8.05. The van der Waals surface area contributed by atoms with Gasteiger partial charge in [0.2, 0.25) is 0 Å². The number of nitrogens with zero attached hydrogens (tertiary/aromatic N) is 2. The Morgan fingerprint density at radius 2 is 2.17 bits per heavy atom. The summed E-state index contributed by atoms with van der Waals surface area (Å²) < 4.78 is 6.77. The third-order valence-electron chi connectivity index (χ3n) is 2.67. The minimum absolute atomic E-state index is 0.261. The van der Waals surface area contributed by atoms with E-state index in [9.17, 15) is 4.79 Å². The molecule has 1 aromatic rings. The number of nitrogens with one attached hydrogen (secondary N) is 1. The van der Waals surface area contributed by atoms with Crippen LogP contribution in [0.15, 0.2) is 0 Å². The minimum atomic E-state index is -0.399. The van der Waals surface area contributed by atoms with Gasteiger partial charge in [0.15, 0.2) is 0 Å². The molecular formula is C12H20ClN3O2. The van der Waals surface area contributed by atoms with Crippen molar-refractivity contribution in [2.45, 2.75) is 40.3 Å². The Morgan fingerprint density at radius 3 is 2.61 bits per heavy atom. The van der Waals surface area contributed by atoms with Crippen molar-refractivity contribution in [3.63, 3.8) is 0 Å². The molecule has 0 amide bonds. The molecule has 1 aromatic heterocycles. The smallest absolute Gasteiger partial charge is 0.325 e. The number of halogens is 1. The standard InChI is InChI=1S/C12H20ClN3O2/c1-5-14-10(12(17)18-6-2)7-16-9(4)11(13)8(3)15-16/h10,14H,5-7H2,1-4H3. The molecule has 6 heteroatoms. The van der Waals surface area contributed by atoms with Crippen LogP contribution in [0.5, 0.6) is 0 Å². The zero-order chi connectivity index (χ0) is 13.7. The molecule has 0 aliphatic heterocycles. The van der Waals surface area contributed by atoms with Crippen molar-refractivity contribution in [3.05, 3.63) is 16.4 Å². The fraction of sp³-hybridized carbons (Fsp3) is 0.667. The van der Waals surface area contributed by atoms with E-state index in [4.69, 9.17) is 16.3 Å². The maximum atomic E-state index is 11.8. The third kappa shape index (κ3) is 3.46. The topological polar surface area (TPSA) is 56.2 Å². The number of carbonyl (C=O) groups is 1. The number of hydrogen-bond donors (Lipinski definition) is 1. The van der Waals surface area contributed by atoms with Gasteiger partial charge in [-0.3, -0.25) is 9.48 Å². The minimum Gasteiger partial charge on any atom is -0.465 e. The largest absolute Gasteiger partial charge is 0.465 e. The van der Waals surface area contributed by atoms with Gasteiger partial charge < -0.3 is 10.1 Å². The summed E-state index contributed by atoms with van der Waals surface area (Å²) >= 11 is 6.08. The van der Waals surface area contributed by atoms with Gasteiger partial charge in [-0.2, -0.15) is 5.10 Å². The fourth-order valence-electron chi connectivity index (χ4n) is 1.74. The van der Waals surface area contributed by atoms with Crippen molar-refractivity contribution in [2.24, 2.45) is 0 Å².